The van der Waals surface area contributed by atoms with E-state index in [1.807, 2.05) is 0 Å². The molecule has 1 rings (SSSR count). The number of hydrogen-bond donors (Lipinski definition) is 2. The molecule has 0 saturated heterocycles. The topological polar surface area (TPSA) is 58.9 Å². The van der Waals surface area contributed by atoms with Crippen LogP contribution in [0, 0.1) is 0 Å². The molecule has 0 aliphatic carbocycles. The monoisotopic (exact) mass is 306 g/mol. The van der Waals surface area contributed by atoms with Crippen molar-refractivity contribution in [2.24, 2.45) is 0 Å². The van der Waals surface area contributed by atoms with E-state index in [-0.39, 0.29) is 11.2 Å². The molecule has 0 radical (unpaired) electrons. The molecule has 1 aromatic carbocycles. The van der Waals surface area contributed by atoms with Gasteiger partial charge in [0.25, 0.3) is 0 Å². The van der Waals surface area contributed by atoms with E-state index < -0.39 is 24.7 Å². The minimum Gasteiger partial charge on any atom is -0.423 e. The van der Waals surface area contributed by atoms with E-state index in [0.29, 0.717) is 0 Å². The number of benzene rings is 1. The highest BCUT2D eigenvalue weighted by molar-refractivity contribution is 6.60. The number of halogens is 3. The molecule has 2 N–H and O–H groups in total. The van der Waals surface area contributed by atoms with Gasteiger partial charge >= 0.3 is 13.5 Å². The van der Waals surface area contributed by atoms with Crippen LogP contribution < -0.4 is 10.2 Å². The van der Waals surface area contributed by atoms with Crippen molar-refractivity contribution in [2.75, 3.05) is 0 Å². The van der Waals surface area contributed by atoms with Gasteiger partial charge in [0, 0.05) is 0 Å². The molecule has 4 nitrogen and oxygen atoms in total. The summed E-state index contributed by atoms with van der Waals surface area (Å²) in [5.41, 5.74) is -2.03. The maximum absolute atomic E-state index is 12.0. The van der Waals surface area contributed by atoms with Gasteiger partial charge in [-0.15, -0.1) is 13.2 Å². The molecule has 118 valence electrons. The van der Waals surface area contributed by atoms with E-state index in [1.165, 1.54) is 26.0 Å². The summed E-state index contributed by atoms with van der Waals surface area (Å²) in [6.07, 6.45) is -4.76. The first-order valence-corrected chi connectivity index (χ1v) is 6.26. The molecule has 0 saturated carbocycles. The SMILES string of the molecule is CC(C)(O)C(C)(C)OB(O)c1ccc(OC(F)(F)F)cc1. The average Bonchev–Trinajstić information content (AvgIpc) is 2.25. The molecule has 0 aromatic heterocycles. The Balaban J connectivity index is 2.78. The van der Waals surface area contributed by atoms with E-state index in [9.17, 15) is 23.3 Å². The molecule has 0 atom stereocenters. The van der Waals surface area contributed by atoms with Crippen molar-refractivity contribution in [3.8, 4) is 5.75 Å². The van der Waals surface area contributed by atoms with Crippen LogP contribution in [-0.2, 0) is 4.65 Å². The van der Waals surface area contributed by atoms with Crippen molar-refractivity contribution >= 4 is 12.6 Å². The number of rotatable bonds is 5. The Labute approximate surface area is 121 Å². The number of hydrogen-bond acceptors (Lipinski definition) is 4. The maximum atomic E-state index is 12.0. The zero-order valence-electron chi connectivity index (χ0n) is 12.2. The van der Waals surface area contributed by atoms with Crippen LogP contribution in [0.2, 0.25) is 0 Å². The first-order chi connectivity index (χ1) is 9.32. The molecule has 21 heavy (non-hydrogen) atoms. The van der Waals surface area contributed by atoms with Crippen LogP contribution in [0.1, 0.15) is 27.7 Å². The predicted molar refractivity (Wildman–Crippen MR) is 72.2 cm³/mol. The third-order valence-electron chi connectivity index (χ3n) is 3.28. The fraction of sp³-hybridized carbons (Fsp3) is 0.538. The maximum Gasteiger partial charge on any atom is 0.573 e. The Bertz CT molecular complexity index is 466. The zero-order valence-corrected chi connectivity index (χ0v) is 12.2. The van der Waals surface area contributed by atoms with E-state index in [2.05, 4.69) is 4.74 Å². The van der Waals surface area contributed by atoms with Crippen molar-refractivity contribution in [1.82, 2.24) is 0 Å². The summed E-state index contributed by atoms with van der Waals surface area (Å²) in [6.45, 7) is 6.24. The van der Waals surface area contributed by atoms with Crippen LogP contribution in [-0.4, -0.2) is 34.8 Å². The average molecular weight is 306 g/mol. The first kappa shape index (κ1) is 17.8. The van der Waals surface area contributed by atoms with Crippen LogP contribution in [0.5, 0.6) is 5.75 Å². The molecule has 0 spiro atoms. The lowest BCUT2D eigenvalue weighted by molar-refractivity contribution is -0.274. The third kappa shape index (κ3) is 5.22. The quantitative estimate of drug-likeness (QED) is 0.815. The molecule has 8 heteroatoms. The van der Waals surface area contributed by atoms with Crippen LogP contribution in [0.3, 0.4) is 0 Å². The van der Waals surface area contributed by atoms with Gasteiger partial charge in [-0.25, -0.2) is 0 Å². The van der Waals surface area contributed by atoms with Gasteiger partial charge in [0.15, 0.2) is 0 Å². The van der Waals surface area contributed by atoms with Crippen molar-refractivity contribution in [3.05, 3.63) is 24.3 Å². The Morgan fingerprint density at radius 2 is 1.48 bits per heavy atom. The van der Waals surface area contributed by atoms with Gasteiger partial charge in [0.2, 0.25) is 0 Å². The van der Waals surface area contributed by atoms with E-state index in [4.69, 9.17) is 4.65 Å². The molecular weight excluding hydrogens is 288 g/mol. The Hall–Kier alpha value is -1.25. The minimum atomic E-state index is -4.76. The first-order valence-electron chi connectivity index (χ1n) is 6.26. The van der Waals surface area contributed by atoms with Crippen LogP contribution >= 0.6 is 0 Å². The fourth-order valence-corrected chi connectivity index (χ4v) is 1.33. The highest BCUT2D eigenvalue weighted by atomic mass is 19.4. The number of ether oxygens (including phenoxy) is 1. The lowest BCUT2D eigenvalue weighted by atomic mass is 9.76. The lowest BCUT2D eigenvalue weighted by Crippen LogP contribution is -2.53. The summed E-state index contributed by atoms with van der Waals surface area (Å²) < 4.78 is 45.2. The Kier molecular flexibility index (Phi) is 4.97. The van der Waals surface area contributed by atoms with Gasteiger partial charge in [0.05, 0.1) is 11.2 Å². The molecule has 0 amide bonds. The Morgan fingerprint density at radius 1 is 1.00 bits per heavy atom. The molecule has 0 fully saturated rings. The van der Waals surface area contributed by atoms with Crippen LogP contribution in [0.4, 0.5) is 13.2 Å². The van der Waals surface area contributed by atoms with Crippen LogP contribution in [0.15, 0.2) is 24.3 Å². The second-order valence-corrected chi connectivity index (χ2v) is 5.66. The van der Waals surface area contributed by atoms with E-state index in [0.717, 1.165) is 12.1 Å². The molecule has 1 aromatic rings. The van der Waals surface area contributed by atoms with Crippen molar-refractivity contribution < 1.29 is 32.7 Å². The van der Waals surface area contributed by atoms with Crippen molar-refractivity contribution in [2.45, 2.75) is 45.3 Å². The molecule has 0 bridgehead atoms. The van der Waals surface area contributed by atoms with Gasteiger partial charge in [0.1, 0.15) is 5.75 Å². The molecule has 0 heterocycles. The van der Waals surface area contributed by atoms with Gasteiger partial charge in [-0.2, -0.15) is 0 Å². The van der Waals surface area contributed by atoms with Crippen molar-refractivity contribution in [3.63, 3.8) is 0 Å². The highest BCUT2D eigenvalue weighted by Gasteiger charge is 2.39. The van der Waals surface area contributed by atoms with Crippen LogP contribution in [0.25, 0.3) is 0 Å². The van der Waals surface area contributed by atoms with Gasteiger partial charge in [-0.3, -0.25) is 0 Å². The smallest absolute Gasteiger partial charge is 0.423 e. The van der Waals surface area contributed by atoms with Gasteiger partial charge in [-0.1, -0.05) is 12.1 Å². The van der Waals surface area contributed by atoms with Gasteiger partial charge < -0.3 is 19.5 Å². The molecule has 0 unspecified atom stereocenters. The summed E-state index contributed by atoms with van der Waals surface area (Å²) in [4.78, 5) is 0. The lowest BCUT2D eigenvalue weighted by Gasteiger charge is -2.38. The summed E-state index contributed by atoms with van der Waals surface area (Å²) in [5, 5.41) is 19.9. The molecular formula is C13H18BF3O4. The summed E-state index contributed by atoms with van der Waals surface area (Å²) in [7, 11) is -1.38. The standard InChI is InChI=1S/C13H18BF3O4/c1-11(2,18)12(3,4)21-14(19)9-5-7-10(8-6-9)20-13(15,16)17/h5-8,18-19H,1-4H3. The van der Waals surface area contributed by atoms with E-state index >= 15 is 0 Å². The zero-order chi connectivity index (χ0) is 16.5. The third-order valence-corrected chi connectivity index (χ3v) is 3.28. The summed E-state index contributed by atoms with van der Waals surface area (Å²) in [5.74, 6) is -0.389. The number of aliphatic hydroxyl groups is 1. The minimum absolute atomic E-state index is 0.252. The summed E-state index contributed by atoms with van der Waals surface area (Å²) >= 11 is 0. The van der Waals surface area contributed by atoms with E-state index in [1.54, 1.807) is 13.8 Å². The van der Waals surface area contributed by atoms with Gasteiger partial charge in [-0.05, 0) is 45.3 Å². The summed E-state index contributed by atoms with van der Waals surface area (Å²) in [6, 6.07) is 4.66. The second kappa shape index (κ2) is 5.86. The molecule has 0 aliphatic rings. The largest absolute Gasteiger partial charge is 0.573 e. The molecule has 0 aliphatic heterocycles. The fourth-order valence-electron chi connectivity index (χ4n) is 1.33. The Morgan fingerprint density at radius 3 is 1.86 bits per heavy atom. The second-order valence-electron chi connectivity index (χ2n) is 5.66. The highest BCUT2D eigenvalue weighted by Crippen LogP contribution is 2.26. The predicted octanol–water partition coefficient (Wildman–Crippen LogP) is 1.84. The van der Waals surface area contributed by atoms with Crippen molar-refractivity contribution in [1.29, 1.82) is 0 Å². The normalized spacial score (nSPS) is 13.2. The number of alkyl halides is 3.